The van der Waals surface area contributed by atoms with E-state index in [0.717, 1.165) is 18.8 Å². The van der Waals surface area contributed by atoms with Gasteiger partial charge in [0, 0.05) is 36.0 Å². The first-order chi connectivity index (χ1) is 21.3. The number of hydrogen-bond donors (Lipinski definition) is 1. The van der Waals surface area contributed by atoms with Crippen LogP contribution < -0.4 is 29.3 Å². The Bertz CT molecular complexity index is 1890. The molecule has 2 heterocycles. The minimum atomic E-state index is -0.874. The number of esters is 1. The summed E-state index contributed by atoms with van der Waals surface area (Å²) in [6.45, 7) is 7.60. The van der Waals surface area contributed by atoms with Crippen molar-refractivity contribution in [2.75, 3.05) is 38.8 Å². The van der Waals surface area contributed by atoms with Gasteiger partial charge in [-0.25, -0.2) is 9.79 Å². The predicted octanol–water partition coefficient (Wildman–Crippen LogP) is 4.50. The number of thiazole rings is 1. The summed E-state index contributed by atoms with van der Waals surface area (Å²) in [5.41, 5.74) is 3.03. The van der Waals surface area contributed by atoms with E-state index >= 15 is 0 Å². The number of rotatable bonds is 10. The van der Waals surface area contributed by atoms with Crippen molar-refractivity contribution >= 4 is 34.8 Å². The molecule has 0 bridgehead atoms. The lowest BCUT2D eigenvalue weighted by Gasteiger charge is -2.26. The molecule has 1 aromatic heterocycles. The molecule has 1 aliphatic heterocycles. The van der Waals surface area contributed by atoms with Crippen LogP contribution in [0.5, 0.6) is 17.2 Å². The van der Waals surface area contributed by atoms with Crippen molar-refractivity contribution in [3.05, 3.63) is 109 Å². The third-order valence-electron chi connectivity index (χ3n) is 7.53. The van der Waals surface area contributed by atoms with Gasteiger partial charge >= 0.3 is 5.97 Å². The van der Waals surface area contributed by atoms with E-state index in [1.165, 1.54) is 23.0 Å². The fourth-order valence-corrected chi connectivity index (χ4v) is 6.35. The molecule has 0 saturated heterocycles. The number of carbonyl (C=O) groups is 1. The second-order valence-electron chi connectivity index (χ2n) is 9.96. The van der Waals surface area contributed by atoms with Gasteiger partial charge in [-0.05, 0) is 56.7 Å². The summed E-state index contributed by atoms with van der Waals surface area (Å²) in [6.07, 6.45) is 1.66. The highest BCUT2D eigenvalue weighted by Crippen LogP contribution is 2.38. The van der Waals surface area contributed by atoms with Crippen LogP contribution in [0.4, 0.5) is 5.69 Å². The molecule has 0 saturated carbocycles. The maximum absolute atomic E-state index is 14.2. The maximum atomic E-state index is 14.2. The third kappa shape index (κ3) is 5.72. The van der Waals surface area contributed by atoms with Crippen LogP contribution in [0.25, 0.3) is 11.8 Å². The average molecular weight is 614 g/mol. The topological polar surface area (TPSA) is 103 Å². The smallest absolute Gasteiger partial charge is 0.338 e. The molecule has 44 heavy (non-hydrogen) atoms. The number of carbonyl (C=O) groups excluding carboxylic acids is 1. The zero-order chi connectivity index (χ0) is 31.4. The monoisotopic (exact) mass is 613 g/mol. The summed E-state index contributed by atoms with van der Waals surface area (Å²) in [6, 6.07) is 19.2. The quantitative estimate of drug-likeness (QED) is 0.263. The van der Waals surface area contributed by atoms with Crippen LogP contribution in [0.15, 0.2) is 82.1 Å². The van der Waals surface area contributed by atoms with E-state index < -0.39 is 12.0 Å². The second-order valence-corrected chi connectivity index (χ2v) is 11.0. The van der Waals surface area contributed by atoms with Crippen LogP contribution in [-0.2, 0) is 9.53 Å². The Morgan fingerprint density at radius 2 is 1.73 bits per heavy atom. The van der Waals surface area contributed by atoms with Crippen molar-refractivity contribution in [3.8, 4) is 17.2 Å². The van der Waals surface area contributed by atoms with Gasteiger partial charge in [-0.15, -0.1) is 0 Å². The van der Waals surface area contributed by atoms with Crippen molar-refractivity contribution in [3.63, 3.8) is 0 Å². The van der Waals surface area contributed by atoms with E-state index in [-0.39, 0.29) is 23.5 Å². The number of benzene rings is 3. The molecule has 0 fully saturated rings. The Hall–Kier alpha value is -4.83. The first kappa shape index (κ1) is 30.6. The number of nitrogens with zero attached hydrogens (tertiary/aromatic N) is 3. The first-order valence-electron chi connectivity index (χ1n) is 14.4. The van der Waals surface area contributed by atoms with E-state index in [9.17, 15) is 14.7 Å². The van der Waals surface area contributed by atoms with E-state index in [1.807, 2.05) is 36.4 Å². The van der Waals surface area contributed by atoms with Gasteiger partial charge < -0.3 is 24.2 Å². The number of fused-ring (bicyclic) bond motifs is 1. The van der Waals surface area contributed by atoms with Crippen LogP contribution in [-0.4, -0.2) is 49.6 Å². The van der Waals surface area contributed by atoms with Crippen LogP contribution >= 0.6 is 11.3 Å². The van der Waals surface area contributed by atoms with Gasteiger partial charge in [-0.3, -0.25) is 9.36 Å². The summed E-state index contributed by atoms with van der Waals surface area (Å²) in [4.78, 5) is 35.3. The number of aromatic nitrogens is 1. The Morgan fingerprint density at radius 1 is 1.00 bits per heavy atom. The zero-order valence-corrected chi connectivity index (χ0v) is 26.2. The minimum Gasteiger partial charge on any atom is -0.507 e. The van der Waals surface area contributed by atoms with Gasteiger partial charge in [0.1, 0.15) is 5.75 Å². The number of aromatic hydroxyl groups is 1. The number of phenols is 1. The molecule has 10 heteroatoms. The van der Waals surface area contributed by atoms with Crippen molar-refractivity contribution in [1.29, 1.82) is 0 Å². The number of phenolic OH excluding ortho intramolecular Hbond substituents is 1. The van der Waals surface area contributed by atoms with Crippen LogP contribution in [0, 0.1) is 0 Å². The van der Waals surface area contributed by atoms with Crippen molar-refractivity contribution in [2.45, 2.75) is 26.8 Å². The molecule has 3 aromatic carbocycles. The maximum Gasteiger partial charge on any atom is 0.338 e. The second kappa shape index (κ2) is 13.2. The molecule has 0 unspecified atom stereocenters. The van der Waals surface area contributed by atoms with E-state index in [0.29, 0.717) is 43.2 Å². The lowest BCUT2D eigenvalue weighted by atomic mass is 9.93. The number of hydrogen-bond acceptors (Lipinski definition) is 9. The largest absolute Gasteiger partial charge is 0.507 e. The molecule has 0 spiro atoms. The van der Waals surface area contributed by atoms with Gasteiger partial charge in [0.2, 0.25) is 0 Å². The summed E-state index contributed by atoms with van der Waals surface area (Å²) in [5, 5.41) is 10.9. The Kier molecular flexibility index (Phi) is 9.20. The molecule has 5 rings (SSSR count). The normalized spacial score (nSPS) is 14.6. The Labute approximate surface area is 259 Å². The van der Waals surface area contributed by atoms with Crippen LogP contribution in [0.2, 0.25) is 0 Å². The van der Waals surface area contributed by atoms with Gasteiger partial charge in [-0.1, -0.05) is 47.7 Å². The SMILES string of the molecule is CCOC(=O)C1=C(c2ccccc2)N=c2s/c(=C\c3ccc(N(CC)CC)cc3O)c(=O)n2[C@@H]1c1ccc(OC)c(OC)c1. The highest BCUT2D eigenvalue weighted by Gasteiger charge is 2.35. The molecule has 4 aromatic rings. The lowest BCUT2D eigenvalue weighted by Crippen LogP contribution is -2.40. The van der Waals surface area contributed by atoms with E-state index in [4.69, 9.17) is 19.2 Å². The summed E-state index contributed by atoms with van der Waals surface area (Å²) >= 11 is 1.19. The predicted molar refractivity (Wildman–Crippen MR) is 172 cm³/mol. The summed E-state index contributed by atoms with van der Waals surface area (Å²) in [5.74, 6) is 0.451. The first-order valence-corrected chi connectivity index (χ1v) is 15.2. The third-order valence-corrected chi connectivity index (χ3v) is 8.51. The fraction of sp³-hybridized carbons (Fsp3) is 0.265. The van der Waals surface area contributed by atoms with Crippen molar-refractivity contribution in [1.82, 2.24) is 4.57 Å². The van der Waals surface area contributed by atoms with Crippen LogP contribution in [0.3, 0.4) is 0 Å². The average Bonchev–Trinajstić information content (AvgIpc) is 3.36. The van der Waals surface area contributed by atoms with Gasteiger partial charge in [0.05, 0.1) is 42.7 Å². The summed E-state index contributed by atoms with van der Waals surface area (Å²) < 4.78 is 18.4. The van der Waals surface area contributed by atoms with E-state index in [2.05, 4.69) is 18.7 Å². The highest BCUT2D eigenvalue weighted by molar-refractivity contribution is 7.07. The summed E-state index contributed by atoms with van der Waals surface area (Å²) in [7, 11) is 3.07. The zero-order valence-electron chi connectivity index (χ0n) is 25.4. The number of ether oxygens (including phenoxy) is 3. The molecule has 9 nitrogen and oxygen atoms in total. The molecular formula is C34H35N3O6S. The lowest BCUT2D eigenvalue weighted by molar-refractivity contribution is -0.138. The molecule has 1 aliphatic rings. The molecule has 1 N–H and O–H groups in total. The number of methoxy groups -OCH3 is 2. The molecule has 0 aliphatic carbocycles. The number of anilines is 1. The van der Waals surface area contributed by atoms with Crippen LogP contribution in [0.1, 0.15) is 43.5 Å². The molecular weight excluding hydrogens is 578 g/mol. The molecule has 0 amide bonds. The molecule has 228 valence electrons. The fourth-order valence-electron chi connectivity index (χ4n) is 5.36. The van der Waals surface area contributed by atoms with Gasteiger partial charge in [0.15, 0.2) is 16.3 Å². The Balaban J connectivity index is 1.78. The Morgan fingerprint density at radius 3 is 2.36 bits per heavy atom. The molecule has 1 atom stereocenters. The van der Waals surface area contributed by atoms with Crippen molar-refractivity contribution in [2.24, 2.45) is 4.99 Å². The highest BCUT2D eigenvalue weighted by atomic mass is 32.1. The van der Waals surface area contributed by atoms with Crippen molar-refractivity contribution < 1.29 is 24.1 Å². The standard InChI is InChI=1S/C34H35N3O6S/c1-6-36(7-2)24-16-14-22(25(38)20-24)19-28-32(39)37-31(23-15-17-26(41-4)27(18-23)42-5)29(33(40)43-8-3)30(35-34(37)44-28)21-12-10-9-11-13-21/h9-20,31,38H,6-8H2,1-5H3/b28-19-/t31-/m1/s1. The van der Waals surface area contributed by atoms with Gasteiger partial charge in [0.25, 0.3) is 5.56 Å². The molecule has 0 radical (unpaired) electrons. The minimum absolute atomic E-state index is 0.0638. The van der Waals surface area contributed by atoms with E-state index in [1.54, 1.807) is 50.4 Å². The van der Waals surface area contributed by atoms with Gasteiger partial charge in [-0.2, -0.15) is 0 Å².